The summed E-state index contributed by atoms with van der Waals surface area (Å²) in [4.78, 5) is 26.4. The largest absolute Gasteiger partial charge is 0.503 e. The first kappa shape index (κ1) is 23.0. The molecule has 0 radical (unpaired) electrons. The van der Waals surface area contributed by atoms with E-state index in [0.717, 1.165) is 6.07 Å². The van der Waals surface area contributed by atoms with Gasteiger partial charge in [-0.25, -0.2) is 8.78 Å². The zero-order valence-electron chi connectivity index (χ0n) is 19.0. The number of hydrazone groups is 1. The monoisotopic (exact) mass is 489 g/mol. The van der Waals surface area contributed by atoms with Crippen LogP contribution in [0.25, 0.3) is 0 Å². The molecule has 180 valence electrons. The van der Waals surface area contributed by atoms with Crippen LogP contribution in [-0.2, 0) is 17.7 Å². The summed E-state index contributed by atoms with van der Waals surface area (Å²) in [5, 5.41) is 14.9. The van der Waals surface area contributed by atoms with E-state index in [1.165, 1.54) is 23.9 Å². The number of ketones is 1. The summed E-state index contributed by atoms with van der Waals surface area (Å²) in [6.45, 7) is 6.53. The Morgan fingerprint density at radius 2 is 2.09 bits per heavy atom. The Kier molecular flexibility index (Phi) is 5.36. The van der Waals surface area contributed by atoms with Gasteiger partial charge in [0.15, 0.2) is 11.5 Å². The van der Waals surface area contributed by atoms with Gasteiger partial charge in [0.2, 0.25) is 5.43 Å². The highest BCUT2D eigenvalue weighted by Crippen LogP contribution is 2.50. The average molecular weight is 490 g/mol. The number of halogens is 2. The molecule has 2 N–H and O–H groups in total. The smallest absolute Gasteiger partial charge is 0.233 e. The number of aromatic nitrogens is 1. The quantitative estimate of drug-likeness (QED) is 0.687. The minimum Gasteiger partial charge on any atom is -0.503 e. The van der Waals surface area contributed by atoms with Crippen molar-refractivity contribution in [3.05, 3.63) is 63.1 Å². The molecule has 1 fully saturated rings. The van der Waals surface area contributed by atoms with Gasteiger partial charge in [-0.15, -0.1) is 0 Å². The lowest BCUT2D eigenvalue weighted by atomic mass is 9.66. The van der Waals surface area contributed by atoms with Crippen molar-refractivity contribution >= 4 is 22.6 Å². The number of ether oxygens (including phenoxy) is 1. The molecule has 5 rings (SSSR count). The van der Waals surface area contributed by atoms with E-state index in [-0.39, 0.29) is 34.8 Å². The summed E-state index contributed by atoms with van der Waals surface area (Å²) in [5.41, 5.74) is 0.981. The molecule has 4 heterocycles. The number of fused-ring (bicyclic) bond motifs is 1. The summed E-state index contributed by atoms with van der Waals surface area (Å²) >= 11 is 1.21. The fourth-order valence-corrected chi connectivity index (χ4v) is 6.10. The van der Waals surface area contributed by atoms with Gasteiger partial charge in [0.25, 0.3) is 0 Å². The van der Waals surface area contributed by atoms with Gasteiger partial charge in [-0.2, -0.15) is 5.10 Å². The molecule has 10 heteroatoms. The van der Waals surface area contributed by atoms with Crippen LogP contribution >= 0.6 is 11.8 Å². The number of carbonyl (C=O) groups is 1. The molecule has 0 aliphatic carbocycles. The van der Waals surface area contributed by atoms with Crippen molar-refractivity contribution in [2.24, 2.45) is 16.4 Å². The zero-order valence-corrected chi connectivity index (χ0v) is 19.8. The molecule has 3 atom stereocenters. The molecule has 0 saturated carbocycles. The van der Waals surface area contributed by atoms with E-state index < -0.39 is 33.8 Å². The number of Topliss-reactive ketones (excluding diaryl/α,β-unsaturated/α-hetero) is 1. The van der Waals surface area contributed by atoms with Crippen molar-refractivity contribution in [2.75, 3.05) is 6.61 Å². The maximum Gasteiger partial charge on any atom is 0.233 e. The second kappa shape index (κ2) is 7.91. The zero-order chi connectivity index (χ0) is 24.4. The van der Waals surface area contributed by atoms with Crippen molar-refractivity contribution in [2.45, 2.75) is 51.1 Å². The Labute approximate surface area is 199 Å². The van der Waals surface area contributed by atoms with Gasteiger partial charge >= 0.3 is 0 Å². The maximum atomic E-state index is 14.1. The van der Waals surface area contributed by atoms with Gasteiger partial charge in [0, 0.05) is 18.7 Å². The minimum absolute atomic E-state index is 0.0194. The fraction of sp³-hybridized carbons (Fsp3) is 0.458. The summed E-state index contributed by atoms with van der Waals surface area (Å²) in [7, 11) is 0. The molecular formula is C24H25F2N3O4S. The number of aromatic hydroxyl groups is 1. The number of pyridine rings is 1. The van der Waals surface area contributed by atoms with Crippen LogP contribution in [0.4, 0.5) is 8.78 Å². The van der Waals surface area contributed by atoms with Gasteiger partial charge in [0.1, 0.15) is 22.4 Å². The van der Waals surface area contributed by atoms with E-state index in [9.17, 15) is 23.5 Å². The number of benzene rings is 1. The molecule has 3 aliphatic heterocycles. The number of nitrogens with zero attached hydrogens (tertiary/aromatic N) is 2. The molecule has 0 bridgehead atoms. The standard InChI is InChI=1S/C24H25F2N3O4S/c1-12-8-24(33-10-12)11-29-9-15(19(30)20(31)18(29)21(32)23(24,2)3)22-28-27-17(34-22)6-13-4-5-14(25)7-16(13)26/h4-5,7,9,12,17,27,31H,6,8,10-11H2,1-3H3. The lowest BCUT2D eigenvalue weighted by molar-refractivity contribution is -0.0878. The summed E-state index contributed by atoms with van der Waals surface area (Å²) in [6.07, 6.45) is 2.45. The molecule has 1 saturated heterocycles. The van der Waals surface area contributed by atoms with Gasteiger partial charge < -0.3 is 14.4 Å². The number of nitrogens with one attached hydrogen (secondary N) is 1. The minimum atomic E-state index is -0.908. The Balaban J connectivity index is 1.46. The molecule has 3 aliphatic rings. The van der Waals surface area contributed by atoms with E-state index in [1.54, 1.807) is 24.6 Å². The molecular weight excluding hydrogens is 464 g/mol. The Bertz CT molecular complexity index is 1290. The normalized spacial score (nSPS) is 27.6. The molecule has 0 amide bonds. The first-order valence-electron chi connectivity index (χ1n) is 11.1. The maximum absolute atomic E-state index is 14.1. The van der Waals surface area contributed by atoms with E-state index in [1.807, 2.05) is 0 Å². The van der Waals surface area contributed by atoms with Crippen LogP contribution in [0.1, 0.15) is 48.8 Å². The SMILES string of the molecule is CC1COC2(C1)Cn1cc(C3=NNC(Cc4ccc(F)cc4F)S3)c(=O)c(O)c1C(=O)C2(C)C. The van der Waals surface area contributed by atoms with Crippen molar-refractivity contribution < 1.29 is 23.4 Å². The summed E-state index contributed by atoms with van der Waals surface area (Å²) < 4.78 is 35.0. The van der Waals surface area contributed by atoms with Gasteiger partial charge in [-0.3, -0.25) is 15.0 Å². The number of thioether (sulfide) groups is 1. The third-order valence-electron chi connectivity index (χ3n) is 7.14. The van der Waals surface area contributed by atoms with E-state index in [0.29, 0.717) is 30.2 Å². The number of hydrogen-bond acceptors (Lipinski definition) is 7. The van der Waals surface area contributed by atoms with Crippen LogP contribution < -0.4 is 10.9 Å². The fourth-order valence-electron chi connectivity index (χ4n) is 5.09. The lowest BCUT2D eigenvalue weighted by Gasteiger charge is -2.47. The first-order chi connectivity index (χ1) is 16.0. The van der Waals surface area contributed by atoms with E-state index >= 15 is 0 Å². The second-order valence-electron chi connectivity index (χ2n) is 9.86. The highest BCUT2D eigenvalue weighted by atomic mass is 32.2. The third kappa shape index (κ3) is 3.46. The van der Waals surface area contributed by atoms with Crippen LogP contribution in [0, 0.1) is 23.0 Å². The topological polar surface area (TPSA) is 92.9 Å². The van der Waals surface area contributed by atoms with Gasteiger partial charge in [0.05, 0.1) is 35.1 Å². The molecule has 7 nitrogen and oxygen atoms in total. The summed E-state index contributed by atoms with van der Waals surface area (Å²) in [5.74, 6) is -1.96. The number of rotatable bonds is 3. The Morgan fingerprint density at radius 1 is 1.32 bits per heavy atom. The van der Waals surface area contributed by atoms with Crippen LogP contribution in [0.3, 0.4) is 0 Å². The van der Waals surface area contributed by atoms with Crippen LogP contribution in [0.5, 0.6) is 5.75 Å². The van der Waals surface area contributed by atoms with Crippen molar-refractivity contribution in [1.29, 1.82) is 0 Å². The van der Waals surface area contributed by atoms with Gasteiger partial charge in [-0.05, 0) is 37.8 Å². The van der Waals surface area contributed by atoms with Crippen LogP contribution in [0.15, 0.2) is 34.3 Å². The first-order valence-corrected chi connectivity index (χ1v) is 12.0. The molecule has 3 unspecified atom stereocenters. The lowest BCUT2D eigenvalue weighted by Crippen LogP contribution is -2.56. The highest BCUT2D eigenvalue weighted by molar-refractivity contribution is 8.15. The number of hydrogen-bond donors (Lipinski definition) is 2. The van der Waals surface area contributed by atoms with Crippen molar-refractivity contribution in [3.8, 4) is 5.75 Å². The van der Waals surface area contributed by atoms with Gasteiger partial charge in [-0.1, -0.05) is 24.8 Å². The predicted molar refractivity (Wildman–Crippen MR) is 124 cm³/mol. The highest BCUT2D eigenvalue weighted by Gasteiger charge is 2.58. The van der Waals surface area contributed by atoms with Crippen LogP contribution in [-0.4, -0.2) is 38.1 Å². The second-order valence-corrected chi connectivity index (χ2v) is 11.0. The molecule has 1 spiro atoms. The predicted octanol–water partition coefficient (Wildman–Crippen LogP) is 3.42. The number of carbonyl (C=O) groups excluding carboxylic acids is 1. The summed E-state index contributed by atoms with van der Waals surface area (Å²) in [6, 6.07) is 3.39. The van der Waals surface area contributed by atoms with E-state index in [2.05, 4.69) is 17.5 Å². The molecule has 34 heavy (non-hydrogen) atoms. The Hall–Kier alpha value is -2.72. The van der Waals surface area contributed by atoms with E-state index in [4.69, 9.17) is 4.74 Å². The molecule has 1 aromatic carbocycles. The van der Waals surface area contributed by atoms with Crippen molar-refractivity contribution in [1.82, 2.24) is 9.99 Å². The average Bonchev–Trinajstić information content (AvgIpc) is 3.39. The molecule has 2 aromatic rings. The third-order valence-corrected chi connectivity index (χ3v) is 8.23. The van der Waals surface area contributed by atoms with Crippen LogP contribution in [0.2, 0.25) is 0 Å². The Morgan fingerprint density at radius 3 is 2.76 bits per heavy atom. The molecule has 1 aromatic heterocycles. The van der Waals surface area contributed by atoms with Crippen molar-refractivity contribution in [3.63, 3.8) is 0 Å².